The van der Waals surface area contributed by atoms with Crippen LogP contribution in [0.5, 0.6) is 0 Å². The van der Waals surface area contributed by atoms with Gasteiger partial charge in [0, 0.05) is 30.2 Å². The topological polar surface area (TPSA) is 74.7 Å². The molecule has 2 amide bonds. The van der Waals surface area contributed by atoms with E-state index in [1.807, 2.05) is 51.2 Å². The summed E-state index contributed by atoms with van der Waals surface area (Å²) >= 11 is 0. The minimum atomic E-state index is -0.963. The highest BCUT2D eigenvalue weighted by molar-refractivity contribution is 5.89. The van der Waals surface area contributed by atoms with E-state index in [1.54, 1.807) is 19.1 Å². The highest BCUT2D eigenvalue weighted by atomic mass is 16.4. The molecular formula is C23H27N2O4+. The summed E-state index contributed by atoms with van der Waals surface area (Å²) < 4.78 is 0.146. The molecule has 1 unspecified atom stereocenters. The first-order chi connectivity index (χ1) is 13.7. The second kappa shape index (κ2) is 7.79. The van der Waals surface area contributed by atoms with E-state index in [4.69, 9.17) is 0 Å². The molecule has 3 rings (SSSR count). The number of hydrogen-bond donors (Lipinski definition) is 1. The lowest BCUT2D eigenvalue weighted by molar-refractivity contribution is -0.129. The Bertz CT molecular complexity index is 954. The molecule has 3 atom stereocenters. The van der Waals surface area contributed by atoms with Crippen molar-refractivity contribution in [2.24, 2.45) is 0 Å². The molecule has 152 valence electrons. The SMILES string of the molecule is CCN(C(=O)O)[C@@H]1C[C@H](C)[N+](C)(C(C)=O)c2ccc(-c3ccc(C=O)cc3)cc21. The fourth-order valence-corrected chi connectivity index (χ4v) is 4.34. The molecule has 2 aromatic carbocycles. The van der Waals surface area contributed by atoms with Crippen LogP contribution in [0.4, 0.5) is 10.5 Å². The number of hydrogen-bond acceptors (Lipinski definition) is 3. The lowest BCUT2D eigenvalue weighted by Crippen LogP contribution is -2.60. The molecule has 0 fully saturated rings. The van der Waals surface area contributed by atoms with Crippen molar-refractivity contribution in [3.8, 4) is 11.1 Å². The number of rotatable bonds is 4. The van der Waals surface area contributed by atoms with Crippen LogP contribution in [-0.2, 0) is 4.79 Å². The van der Waals surface area contributed by atoms with Crippen LogP contribution in [0, 0.1) is 0 Å². The van der Waals surface area contributed by atoms with Gasteiger partial charge in [-0.25, -0.2) is 14.1 Å². The highest BCUT2D eigenvalue weighted by Gasteiger charge is 2.47. The van der Waals surface area contributed by atoms with E-state index in [0.29, 0.717) is 18.5 Å². The van der Waals surface area contributed by atoms with E-state index in [2.05, 4.69) is 0 Å². The predicted molar refractivity (Wildman–Crippen MR) is 113 cm³/mol. The van der Waals surface area contributed by atoms with E-state index in [9.17, 15) is 19.5 Å². The third-order valence-electron chi connectivity index (χ3n) is 6.33. The number of carbonyl (C=O) groups is 3. The molecule has 0 aromatic heterocycles. The number of amides is 2. The standard InChI is InChI=1S/C23H26N2O4/c1-5-24(23(28)29)21-12-15(2)25(4,16(3)27)22-11-10-19(13-20(21)22)18-8-6-17(14-26)7-9-18/h6-11,13-15,21H,5,12H2,1-4H3/p+1/t15-,21+,25?/m0/s1. The number of quaternary nitrogens is 1. The van der Waals surface area contributed by atoms with Crippen molar-refractivity contribution < 1.29 is 19.5 Å². The van der Waals surface area contributed by atoms with Gasteiger partial charge in [-0.2, -0.15) is 0 Å². The second-order valence-electron chi connectivity index (χ2n) is 7.78. The van der Waals surface area contributed by atoms with Gasteiger partial charge >= 0.3 is 12.0 Å². The number of fused-ring (bicyclic) bond motifs is 1. The van der Waals surface area contributed by atoms with Gasteiger partial charge in [0.1, 0.15) is 12.0 Å². The van der Waals surface area contributed by atoms with Gasteiger partial charge < -0.3 is 10.0 Å². The van der Waals surface area contributed by atoms with Gasteiger partial charge in [0.05, 0.1) is 26.1 Å². The van der Waals surface area contributed by atoms with Gasteiger partial charge in [-0.1, -0.05) is 24.3 Å². The Morgan fingerprint density at radius 1 is 1.17 bits per heavy atom. The van der Waals surface area contributed by atoms with Crippen molar-refractivity contribution in [2.75, 3.05) is 13.6 Å². The van der Waals surface area contributed by atoms with Crippen molar-refractivity contribution in [3.05, 3.63) is 53.6 Å². The number of carboxylic acid groups (broad SMARTS) is 1. The van der Waals surface area contributed by atoms with Crippen molar-refractivity contribution >= 4 is 24.0 Å². The third-order valence-corrected chi connectivity index (χ3v) is 6.33. The Kier molecular flexibility index (Phi) is 5.57. The van der Waals surface area contributed by atoms with Crippen molar-refractivity contribution in [1.82, 2.24) is 9.38 Å². The van der Waals surface area contributed by atoms with Gasteiger partial charge in [-0.3, -0.25) is 4.79 Å². The van der Waals surface area contributed by atoms with Gasteiger partial charge in [0.25, 0.3) is 0 Å². The lowest BCUT2D eigenvalue weighted by Gasteiger charge is -2.45. The maximum absolute atomic E-state index is 12.6. The molecular weight excluding hydrogens is 368 g/mol. The molecule has 6 nitrogen and oxygen atoms in total. The molecule has 0 saturated carbocycles. The Morgan fingerprint density at radius 3 is 2.31 bits per heavy atom. The molecule has 0 aliphatic carbocycles. The summed E-state index contributed by atoms with van der Waals surface area (Å²) in [5, 5.41) is 9.74. The van der Waals surface area contributed by atoms with E-state index >= 15 is 0 Å². The molecule has 0 bridgehead atoms. The smallest absolute Gasteiger partial charge is 0.407 e. The molecule has 0 spiro atoms. The fourth-order valence-electron chi connectivity index (χ4n) is 4.34. The summed E-state index contributed by atoms with van der Waals surface area (Å²) in [6.45, 7) is 5.78. The number of benzene rings is 2. The fraction of sp³-hybridized carbons (Fsp3) is 0.348. The van der Waals surface area contributed by atoms with Crippen LogP contribution in [-0.4, -0.2) is 47.9 Å². The molecule has 6 heteroatoms. The summed E-state index contributed by atoms with van der Waals surface area (Å²) in [6.07, 6.45) is 0.405. The first kappa shape index (κ1) is 20.7. The van der Waals surface area contributed by atoms with E-state index in [0.717, 1.165) is 28.7 Å². The average Bonchev–Trinajstić information content (AvgIpc) is 2.71. The number of aldehydes is 1. The lowest BCUT2D eigenvalue weighted by atomic mass is 9.86. The minimum absolute atomic E-state index is 0.0265. The quantitative estimate of drug-likeness (QED) is 0.612. The number of carbonyl (C=O) groups excluding carboxylic acids is 2. The maximum Gasteiger partial charge on any atom is 0.407 e. The van der Waals surface area contributed by atoms with Gasteiger partial charge in [0.15, 0.2) is 0 Å². The van der Waals surface area contributed by atoms with Crippen molar-refractivity contribution in [3.63, 3.8) is 0 Å². The molecule has 2 aromatic rings. The minimum Gasteiger partial charge on any atom is -0.465 e. The first-order valence-electron chi connectivity index (χ1n) is 9.81. The van der Waals surface area contributed by atoms with E-state index in [-0.39, 0.29) is 22.5 Å². The zero-order valence-electron chi connectivity index (χ0n) is 17.3. The molecule has 1 N–H and O–H groups in total. The Balaban J connectivity index is 2.20. The molecule has 1 heterocycles. The first-order valence-corrected chi connectivity index (χ1v) is 9.81. The van der Waals surface area contributed by atoms with E-state index < -0.39 is 6.09 Å². The van der Waals surface area contributed by atoms with Crippen LogP contribution in [0.1, 0.15) is 49.2 Å². The molecule has 0 saturated heterocycles. The van der Waals surface area contributed by atoms with Crippen molar-refractivity contribution in [1.29, 1.82) is 0 Å². The van der Waals surface area contributed by atoms with E-state index in [1.165, 1.54) is 4.90 Å². The van der Waals surface area contributed by atoms with Crippen LogP contribution in [0.15, 0.2) is 42.5 Å². The summed E-state index contributed by atoms with van der Waals surface area (Å²) in [6, 6.07) is 12.8. The zero-order chi connectivity index (χ0) is 21.3. The second-order valence-corrected chi connectivity index (χ2v) is 7.78. The monoisotopic (exact) mass is 395 g/mol. The average molecular weight is 395 g/mol. The van der Waals surface area contributed by atoms with Gasteiger partial charge in [-0.15, -0.1) is 0 Å². The van der Waals surface area contributed by atoms with Gasteiger partial charge in [0.2, 0.25) is 0 Å². The van der Waals surface area contributed by atoms with Crippen LogP contribution in [0.2, 0.25) is 0 Å². The molecule has 1 aliphatic heterocycles. The van der Waals surface area contributed by atoms with Gasteiger partial charge in [-0.05, 0) is 37.1 Å². The highest BCUT2D eigenvalue weighted by Crippen LogP contribution is 2.45. The zero-order valence-corrected chi connectivity index (χ0v) is 17.3. The van der Waals surface area contributed by atoms with Crippen LogP contribution in [0.25, 0.3) is 11.1 Å². The van der Waals surface area contributed by atoms with Crippen LogP contribution in [0.3, 0.4) is 0 Å². The normalized spacial score (nSPS) is 23.2. The summed E-state index contributed by atoms with van der Waals surface area (Å²) in [5.41, 5.74) is 4.17. The predicted octanol–water partition coefficient (Wildman–Crippen LogP) is 4.48. The summed E-state index contributed by atoms with van der Waals surface area (Å²) in [5.74, 6) is 0.0265. The molecule has 1 aliphatic rings. The summed E-state index contributed by atoms with van der Waals surface area (Å²) in [7, 11) is 1.90. The van der Waals surface area contributed by atoms with Crippen LogP contribution < -0.4 is 4.48 Å². The largest absolute Gasteiger partial charge is 0.465 e. The number of nitrogens with zero attached hydrogens (tertiary/aromatic N) is 2. The maximum atomic E-state index is 12.6. The molecule has 29 heavy (non-hydrogen) atoms. The van der Waals surface area contributed by atoms with Crippen molar-refractivity contribution in [2.45, 2.75) is 39.3 Å². The Hall–Kier alpha value is -2.99. The van der Waals surface area contributed by atoms with Crippen LogP contribution >= 0.6 is 0 Å². The Labute approximate surface area is 171 Å². The molecule has 0 radical (unpaired) electrons. The third kappa shape index (κ3) is 3.44. The Morgan fingerprint density at radius 2 is 1.79 bits per heavy atom. The summed E-state index contributed by atoms with van der Waals surface area (Å²) in [4.78, 5) is 36.9.